The van der Waals surface area contributed by atoms with Gasteiger partial charge >= 0.3 is 18.4 Å². The van der Waals surface area contributed by atoms with Crippen molar-refractivity contribution in [1.29, 1.82) is 0 Å². The van der Waals surface area contributed by atoms with Crippen LogP contribution in [0.4, 0.5) is 22.8 Å². The molecule has 2 aromatic rings. The Balaban J connectivity index is 1.75. The number of carbonyl (C=O) groups is 2. The molecule has 232 valence electrons. The van der Waals surface area contributed by atoms with Crippen molar-refractivity contribution < 1.29 is 32.2 Å². The summed E-state index contributed by atoms with van der Waals surface area (Å²) in [7, 11) is 0. The van der Waals surface area contributed by atoms with Crippen LogP contribution < -0.4 is 5.32 Å². The van der Waals surface area contributed by atoms with Crippen molar-refractivity contribution >= 4 is 12.2 Å². The number of unbranched alkanes of at least 4 members (excludes halogenated alkanes) is 1. The summed E-state index contributed by atoms with van der Waals surface area (Å²) in [5, 5.41) is 2.75. The quantitative estimate of drug-likeness (QED) is 0.332. The van der Waals surface area contributed by atoms with E-state index in [1.165, 1.54) is 6.07 Å². The van der Waals surface area contributed by atoms with Crippen LogP contribution in [-0.4, -0.2) is 63.8 Å². The molecule has 1 atom stereocenters. The molecule has 0 saturated heterocycles. The predicted octanol–water partition coefficient (Wildman–Crippen LogP) is 6.57. The van der Waals surface area contributed by atoms with Crippen molar-refractivity contribution in [3.8, 4) is 0 Å². The molecule has 2 heterocycles. The average molecular weight is 593 g/mol. The van der Waals surface area contributed by atoms with Gasteiger partial charge in [-0.05, 0) is 90.6 Å². The number of halogens is 3. The molecular weight excluding hydrogens is 549 g/mol. The van der Waals surface area contributed by atoms with E-state index in [1.807, 2.05) is 39.0 Å². The van der Waals surface area contributed by atoms with E-state index in [0.29, 0.717) is 57.7 Å². The van der Waals surface area contributed by atoms with Gasteiger partial charge in [0.25, 0.3) is 0 Å². The Hall–Kier alpha value is -3.34. The van der Waals surface area contributed by atoms with E-state index in [0.717, 1.165) is 23.4 Å². The van der Waals surface area contributed by atoms with E-state index >= 15 is 0 Å². The largest absolute Gasteiger partial charge is 0.444 e. The first-order chi connectivity index (χ1) is 19.5. The van der Waals surface area contributed by atoms with Crippen LogP contribution in [0.5, 0.6) is 0 Å². The minimum Gasteiger partial charge on any atom is -0.444 e. The number of carbonyl (C=O) groups excluding carboxylic acids is 2. The molecule has 1 aliphatic rings. The van der Waals surface area contributed by atoms with Crippen molar-refractivity contribution in [2.75, 3.05) is 19.6 Å². The number of ether oxygens (including phenoxy) is 2. The number of amides is 2. The van der Waals surface area contributed by atoms with Crippen molar-refractivity contribution in [1.82, 2.24) is 20.1 Å². The Labute approximate surface area is 246 Å². The summed E-state index contributed by atoms with van der Waals surface area (Å²) in [4.78, 5) is 33.2. The first kappa shape index (κ1) is 33.2. The lowest BCUT2D eigenvalue weighted by Crippen LogP contribution is -2.51. The summed E-state index contributed by atoms with van der Waals surface area (Å²) in [5.41, 5.74) is 0.652. The molecule has 0 aliphatic carbocycles. The number of alkyl halides is 3. The minimum atomic E-state index is -4.46. The van der Waals surface area contributed by atoms with E-state index in [9.17, 15) is 22.8 Å². The van der Waals surface area contributed by atoms with Crippen LogP contribution in [0.15, 0.2) is 42.6 Å². The van der Waals surface area contributed by atoms with Gasteiger partial charge in [0.15, 0.2) is 0 Å². The lowest BCUT2D eigenvalue weighted by molar-refractivity contribution is -0.137. The fraction of sp³-hybridized carbons (Fsp3) is 0.581. The Kier molecular flexibility index (Phi) is 10.9. The monoisotopic (exact) mass is 592 g/mol. The maximum atomic E-state index is 13.3. The third-order valence-electron chi connectivity index (χ3n) is 6.56. The molecule has 0 fully saturated rings. The first-order valence-corrected chi connectivity index (χ1v) is 14.3. The average Bonchev–Trinajstić information content (AvgIpc) is 2.85. The molecule has 11 heteroatoms. The Morgan fingerprint density at radius 2 is 1.64 bits per heavy atom. The van der Waals surface area contributed by atoms with Crippen LogP contribution in [0.3, 0.4) is 0 Å². The van der Waals surface area contributed by atoms with Gasteiger partial charge in [0.1, 0.15) is 11.2 Å². The Morgan fingerprint density at radius 1 is 0.976 bits per heavy atom. The fourth-order valence-corrected chi connectivity index (χ4v) is 4.70. The number of fused-ring (bicyclic) bond motifs is 1. The van der Waals surface area contributed by atoms with Crippen LogP contribution in [0.25, 0.3) is 0 Å². The second-order valence-electron chi connectivity index (χ2n) is 12.6. The van der Waals surface area contributed by atoms with E-state index in [4.69, 9.17) is 9.47 Å². The van der Waals surface area contributed by atoms with E-state index in [2.05, 4.69) is 21.3 Å². The number of hydrogen-bond acceptors (Lipinski definition) is 6. The van der Waals surface area contributed by atoms with Gasteiger partial charge in [-0.2, -0.15) is 13.2 Å². The van der Waals surface area contributed by atoms with Crippen LogP contribution >= 0.6 is 0 Å². The van der Waals surface area contributed by atoms with Crippen molar-refractivity contribution in [3.63, 3.8) is 0 Å². The lowest BCUT2D eigenvalue weighted by atomic mass is 9.94. The maximum Gasteiger partial charge on any atom is 0.417 e. The van der Waals surface area contributed by atoms with E-state index in [-0.39, 0.29) is 6.04 Å². The van der Waals surface area contributed by atoms with Crippen LogP contribution in [0, 0.1) is 0 Å². The second kappa shape index (κ2) is 13.8. The second-order valence-corrected chi connectivity index (χ2v) is 12.6. The predicted molar refractivity (Wildman–Crippen MR) is 154 cm³/mol. The Morgan fingerprint density at radius 3 is 2.24 bits per heavy atom. The highest BCUT2D eigenvalue weighted by molar-refractivity contribution is 5.69. The van der Waals surface area contributed by atoms with Gasteiger partial charge in [0, 0.05) is 32.4 Å². The molecule has 42 heavy (non-hydrogen) atoms. The molecule has 1 aromatic carbocycles. The minimum absolute atomic E-state index is 0.218. The van der Waals surface area contributed by atoms with Gasteiger partial charge in [0.2, 0.25) is 0 Å². The van der Waals surface area contributed by atoms with Crippen molar-refractivity contribution in [3.05, 3.63) is 65.0 Å². The third-order valence-corrected chi connectivity index (χ3v) is 6.56. The summed E-state index contributed by atoms with van der Waals surface area (Å²) in [6, 6.07) is 10.2. The van der Waals surface area contributed by atoms with Crippen LogP contribution in [-0.2, 0) is 35.2 Å². The number of pyridine rings is 1. The molecular formula is C31H43F3N4O4. The van der Waals surface area contributed by atoms with Gasteiger partial charge < -0.3 is 14.8 Å². The summed E-state index contributed by atoms with van der Waals surface area (Å²) >= 11 is 0. The van der Waals surface area contributed by atoms with Gasteiger partial charge in [-0.15, -0.1) is 0 Å². The molecule has 2 amide bonds. The smallest absolute Gasteiger partial charge is 0.417 e. The van der Waals surface area contributed by atoms with Gasteiger partial charge in [-0.1, -0.05) is 24.3 Å². The molecule has 0 saturated carbocycles. The van der Waals surface area contributed by atoms with Crippen molar-refractivity contribution in [2.24, 2.45) is 0 Å². The van der Waals surface area contributed by atoms with Gasteiger partial charge in [0.05, 0.1) is 17.3 Å². The van der Waals surface area contributed by atoms with Crippen LogP contribution in [0.2, 0.25) is 0 Å². The summed E-state index contributed by atoms with van der Waals surface area (Å²) < 4.78 is 50.3. The lowest BCUT2D eigenvalue weighted by Gasteiger charge is -2.40. The molecule has 3 rings (SSSR count). The van der Waals surface area contributed by atoms with Gasteiger partial charge in [-0.3, -0.25) is 14.8 Å². The van der Waals surface area contributed by atoms with Crippen molar-refractivity contribution in [2.45, 2.75) is 97.3 Å². The highest BCUT2D eigenvalue weighted by atomic mass is 19.4. The number of alkyl carbamates (subject to hydrolysis) is 1. The van der Waals surface area contributed by atoms with E-state index < -0.39 is 35.1 Å². The molecule has 1 aliphatic heterocycles. The number of rotatable bonds is 9. The topological polar surface area (TPSA) is 84.0 Å². The normalized spacial score (nSPS) is 15.8. The summed E-state index contributed by atoms with van der Waals surface area (Å²) in [6.07, 6.45) is -2.52. The first-order valence-electron chi connectivity index (χ1n) is 14.3. The molecule has 0 radical (unpaired) electrons. The van der Waals surface area contributed by atoms with Gasteiger partial charge in [-0.25, -0.2) is 9.59 Å². The molecule has 1 N–H and O–H groups in total. The maximum absolute atomic E-state index is 13.3. The molecule has 0 unspecified atom stereocenters. The standard InChI is InChI=1S/C31H43F3N4O4/c1-29(2,3)41-27(39)35-15-9-10-16-37(20-25-14-13-24(18-36-25)31(32,33)34)21-26-17-22-11-7-8-12-23(22)19-38(26)28(40)42-30(4,5)6/h7-8,11-14,18,26H,9-10,15-17,19-21H2,1-6H3,(H,35,39)/t26-/m1/s1. The SMILES string of the molecule is CC(C)(C)OC(=O)NCCCCN(Cc1ccc(C(F)(F)F)cn1)C[C@H]1Cc2ccccc2CN1C(=O)OC(C)(C)C. The molecule has 1 aromatic heterocycles. The third kappa shape index (κ3) is 10.8. The van der Waals surface area contributed by atoms with Crippen LogP contribution in [0.1, 0.15) is 76.8 Å². The zero-order valence-electron chi connectivity index (χ0n) is 25.4. The summed E-state index contributed by atoms with van der Waals surface area (Å²) in [5.74, 6) is 0. The number of benzene rings is 1. The number of nitrogens with zero attached hydrogens (tertiary/aromatic N) is 3. The Bertz CT molecular complexity index is 1190. The number of nitrogens with one attached hydrogen (secondary N) is 1. The zero-order chi connectivity index (χ0) is 31.1. The number of aromatic nitrogens is 1. The highest BCUT2D eigenvalue weighted by Crippen LogP contribution is 2.29. The molecule has 0 bridgehead atoms. The summed E-state index contributed by atoms with van der Waals surface area (Å²) in [6.45, 7) is 13.0. The zero-order valence-corrected chi connectivity index (χ0v) is 25.4. The molecule has 8 nitrogen and oxygen atoms in total. The van der Waals surface area contributed by atoms with E-state index in [1.54, 1.807) is 25.7 Å². The molecule has 0 spiro atoms. The number of hydrogen-bond donors (Lipinski definition) is 1. The highest BCUT2D eigenvalue weighted by Gasteiger charge is 2.34. The fourth-order valence-electron chi connectivity index (χ4n) is 4.70.